The van der Waals surface area contributed by atoms with Crippen molar-refractivity contribution in [2.75, 3.05) is 11.4 Å². The number of fused-ring (bicyclic) bond motifs is 2. The van der Waals surface area contributed by atoms with Crippen LogP contribution in [0, 0.1) is 13.8 Å². The Kier molecular flexibility index (Phi) is 6.44. The molecule has 0 fully saturated rings. The van der Waals surface area contributed by atoms with Gasteiger partial charge in [0.2, 0.25) is 0 Å². The Hall–Kier alpha value is -4.07. The van der Waals surface area contributed by atoms with E-state index in [1.54, 1.807) is 6.92 Å². The molecular weight excluding hydrogens is 511 g/mol. The maximum atomic E-state index is 13.3. The third-order valence-electron chi connectivity index (χ3n) is 8.08. The molecule has 0 saturated carbocycles. The van der Waals surface area contributed by atoms with Gasteiger partial charge in [0.05, 0.1) is 22.6 Å². The summed E-state index contributed by atoms with van der Waals surface area (Å²) >= 11 is 0. The summed E-state index contributed by atoms with van der Waals surface area (Å²) in [6, 6.07) is 14.0. The first-order valence-corrected chi connectivity index (χ1v) is 13.8. The number of para-hydroxylation sites is 1. The fourth-order valence-corrected chi connectivity index (χ4v) is 6.04. The molecule has 1 aliphatic rings. The largest absolute Gasteiger partial charge is 0.417 e. The van der Waals surface area contributed by atoms with E-state index >= 15 is 0 Å². The minimum absolute atomic E-state index is 0.513. The standard InChI is InChI=1S/C32H32F3N5/c1-5-21-8-7-9-22(6-2)29(21)40-30(25-11-10-19(3)28-24(25)12-14-36-28)26-18-39(15-13-27(26)38-40)31-20(4)16-23(17-37-31)32(33,34)35/h7-12,14,16-17,36H,5-6,13,15,18H2,1-4H3. The van der Waals surface area contributed by atoms with E-state index in [4.69, 9.17) is 5.10 Å². The Morgan fingerprint density at radius 3 is 2.40 bits per heavy atom. The molecule has 0 amide bonds. The summed E-state index contributed by atoms with van der Waals surface area (Å²) in [6.07, 6.45) is 0.916. The summed E-state index contributed by atoms with van der Waals surface area (Å²) in [5.74, 6) is 0.580. The molecule has 2 aromatic carbocycles. The highest BCUT2D eigenvalue weighted by atomic mass is 19.4. The van der Waals surface area contributed by atoms with E-state index in [1.165, 1.54) is 17.2 Å². The van der Waals surface area contributed by atoms with Crippen molar-refractivity contribution in [1.29, 1.82) is 0 Å². The van der Waals surface area contributed by atoms with Gasteiger partial charge in [-0.2, -0.15) is 18.3 Å². The minimum atomic E-state index is -4.42. The van der Waals surface area contributed by atoms with Crippen LogP contribution >= 0.6 is 0 Å². The van der Waals surface area contributed by atoms with Gasteiger partial charge in [0.15, 0.2) is 0 Å². The zero-order valence-electron chi connectivity index (χ0n) is 23.2. The van der Waals surface area contributed by atoms with Crippen molar-refractivity contribution in [3.05, 3.63) is 93.9 Å². The van der Waals surface area contributed by atoms with Crippen LogP contribution in [0.15, 0.2) is 54.9 Å². The van der Waals surface area contributed by atoms with Crippen molar-refractivity contribution in [1.82, 2.24) is 19.7 Å². The number of alkyl halides is 3. The third-order valence-corrected chi connectivity index (χ3v) is 8.08. The number of hydrogen-bond acceptors (Lipinski definition) is 3. The molecule has 0 aliphatic carbocycles. The number of anilines is 1. The second-order valence-electron chi connectivity index (χ2n) is 10.5. The highest BCUT2D eigenvalue weighted by molar-refractivity contribution is 5.97. The lowest BCUT2D eigenvalue weighted by Gasteiger charge is -2.29. The third kappa shape index (κ3) is 4.26. The second kappa shape index (κ2) is 9.84. The molecule has 0 radical (unpaired) electrons. The van der Waals surface area contributed by atoms with Gasteiger partial charge in [0.25, 0.3) is 0 Å². The molecule has 1 N–H and O–H groups in total. The van der Waals surface area contributed by atoms with Gasteiger partial charge in [0.1, 0.15) is 5.82 Å². The molecule has 0 bridgehead atoms. The molecular formula is C32H32F3N5. The Morgan fingerprint density at radius 2 is 1.73 bits per heavy atom. The van der Waals surface area contributed by atoms with Gasteiger partial charge < -0.3 is 9.88 Å². The Morgan fingerprint density at radius 1 is 0.975 bits per heavy atom. The monoisotopic (exact) mass is 543 g/mol. The minimum Gasteiger partial charge on any atom is -0.361 e. The van der Waals surface area contributed by atoms with E-state index in [1.807, 2.05) is 6.20 Å². The number of halogens is 3. The number of nitrogens with one attached hydrogen (secondary N) is 1. The molecule has 6 rings (SSSR count). The van der Waals surface area contributed by atoms with Crippen molar-refractivity contribution in [2.45, 2.75) is 59.7 Å². The van der Waals surface area contributed by atoms with Gasteiger partial charge in [-0.1, -0.05) is 44.2 Å². The van der Waals surface area contributed by atoms with Crippen molar-refractivity contribution in [3.8, 4) is 16.9 Å². The number of nitrogens with zero attached hydrogens (tertiary/aromatic N) is 4. The van der Waals surface area contributed by atoms with Crippen LogP contribution < -0.4 is 4.90 Å². The van der Waals surface area contributed by atoms with E-state index in [9.17, 15) is 13.2 Å². The average Bonchev–Trinajstić information content (AvgIpc) is 3.58. The summed E-state index contributed by atoms with van der Waals surface area (Å²) in [5, 5.41) is 6.36. The Balaban J connectivity index is 1.56. The van der Waals surface area contributed by atoms with Crippen molar-refractivity contribution < 1.29 is 13.2 Å². The van der Waals surface area contributed by atoms with Crippen LogP contribution in [0.4, 0.5) is 19.0 Å². The number of hydrogen-bond donors (Lipinski definition) is 1. The van der Waals surface area contributed by atoms with E-state index in [-0.39, 0.29) is 0 Å². The first kappa shape index (κ1) is 26.2. The molecule has 5 aromatic rings. The van der Waals surface area contributed by atoms with E-state index < -0.39 is 11.7 Å². The van der Waals surface area contributed by atoms with Gasteiger partial charge in [-0.15, -0.1) is 0 Å². The molecule has 40 heavy (non-hydrogen) atoms. The van der Waals surface area contributed by atoms with Gasteiger partial charge >= 0.3 is 6.18 Å². The van der Waals surface area contributed by atoms with Crippen molar-refractivity contribution >= 4 is 16.7 Å². The summed E-state index contributed by atoms with van der Waals surface area (Å²) in [4.78, 5) is 9.77. The number of aromatic nitrogens is 4. The number of pyridine rings is 1. The van der Waals surface area contributed by atoms with Crippen molar-refractivity contribution in [2.24, 2.45) is 0 Å². The van der Waals surface area contributed by atoms with Gasteiger partial charge in [-0.25, -0.2) is 9.67 Å². The van der Waals surface area contributed by atoms with Crippen LogP contribution in [0.3, 0.4) is 0 Å². The molecule has 4 heterocycles. The molecule has 3 aromatic heterocycles. The van der Waals surface area contributed by atoms with E-state index in [0.29, 0.717) is 30.9 Å². The zero-order chi connectivity index (χ0) is 28.2. The van der Waals surface area contributed by atoms with Gasteiger partial charge in [0, 0.05) is 53.9 Å². The zero-order valence-corrected chi connectivity index (χ0v) is 23.2. The molecule has 0 unspecified atom stereocenters. The lowest BCUT2D eigenvalue weighted by Crippen LogP contribution is -2.31. The Labute approximate surface area is 231 Å². The molecule has 0 saturated heterocycles. The molecule has 5 nitrogen and oxygen atoms in total. The highest BCUT2D eigenvalue weighted by Gasteiger charge is 2.33. The van der Waals surface area contributed by atoms with Crippen LogP contribution in [0.2, 0.25) is 0 Å². The molecule has 8 heteroatoms. The topological polar surface area (TPSA) is 49.7 Å². The van der Waals surface area contributed by atoms with Crippen LogP contribution in [0.5, 0.6) is 0 Å². The quantitative estimate of drug-likeness (QED) is 0.247. The molecule has 206 valence electrons. The lowest BCUT2D eigenvalue weighted by atomic mass is 9.96. The fraction of sp³-hybridized carbons (Fsp3) is 0.312. The average molecular weight is 544 g/mol. The summed E-state index contributed by atoms with van der Waals surface area (Å²) in [7, 11) is 0. The molecule has 0 atom stereocenters. The second-order valence-corrected chi connectivity index (χ2v) is 10.5. The highest BCUT2D eigenvalue weighted by Crippen LogP contribution is 2.40. The van der Waals surface area contributed by atoms with Gasteiger partial charge in [-0.05, 0) is 61.1 Å². The first-order chi connectivity index (χ1) is 19.2. The summed E-state index contributed by atoms with van der Waals surface area (Å²) in [6.45, 7) is 9.27. The maximum Gasteiger partial charge on any atom is 0.417 e. The number of benzene rings is 2. The Bertz CT molecular complexity index is 1700. The number of aromatic amines is 1. The SMILES string of the molecule is CCc1cccc(CC)c1-n1nc2c(c1-c1ccc(C)c3[nH]ccc13)CN(c1ncc(C(F)(F)F)cc1C)CC2. The molecule has 1 aliphatic heterocycles. The van der Waals surface area contributed by atoms with E-state index in [2.05, 4.69) is 76.7 Å². The number of rotatable bonds is 5. The predicted octanol–water partition coefficient (Wildman–Crippen LogP) is 7.74. The van der Waals surface area contributed by atoms with Crippen LogP contribution in [0.25, 0.3) is 27.8 Å². The maximum absolute atomic E-state index is 13.3. The van der Waals surface area contributed by atoms with Crippen LogP contribution in [0.1, 0.15) is 52.9 Å². The van der Waals surface area contributed by atoms with Crippen LogP contribution in [-0.4, -0.2) is 26.3 Å². The summed E-state index contributed by atoms with van der Waals surface area (Å²) in [5.41, 5.74) is 9.86. The van der Waals surface area contributed by atoms with Gasteiger partial charge in [-0.3, -0.25) is 0 Å². The summed E-state index contributed by atoms with van der Waals surface area (Å²) < 4.78 is 42.1. The normalized spacial score (nSPS) is 13.7. The lowest BCUT2D eigenvalue weighted by molar-refractivity contribution is -0.137. The van der Waals surface area contributed by atoms with Crippen LogP contribution in [-0.2, 0) is 32.0 Å². The molecule has 0 spiro atoms. The van der Waals surface area contributed by atoms with E-state index in [0.717, 1.165) is 63.7 Å². The fourth-order valence-electron chi connectivity index (χ4n) is 6.04. The number of aryl methyl sites for hydroxylation is 4. The smallest absolute Gasteiger partial charge is 0.361 e. The first-order valence-electron chi connectivity index (χ1n) is 13.8. The number of H-pyrrole nitrogens is 1. The van der Waals surface area contributed by atoms with Crippen molar-refractivity contribution in [3.63, 3.8) is 0 Å². The predicted molar refractivity (Wildman–Crippen MR) is 153 cm³/mol.